The Labute approximate surface area is 322 Å². The van der Waals surface area contributed by atoms with Crippen molar-refractivity contribution in [2.45, 2.75) is 51.7 Å². The molecule has 0 aliphatic carbocycles. The zero-order valence-corrected chi connectivity index (χ0v) is 30.8. The molecule has 4 unspecified atom stereocenters. The Morgan fingerprint density at radius 1 is 0.582 bits per heavy atom. The van der Waals surface area contributed by atoms with Crippen molar-refractivity contribution in [2.75, 3.05) is 6.54 Å². The van der Waals surface area contributed by atoms with Crippen molar-refractivity contribution >= 4 is 11.8 Å². The SMILES string of the molecule is CC1C(CN(Cc2ccccc2)Cc2ccccc2)OC(c2ccc(-c3cccc(CN4C(=O)c5ccccc5C4=O)c3)cc2)OC1c1ccc(CO)cc1. The summed E-state index contributed by atoms with van der Waals surface area (Å²) in [7, 11) is 0. The maximum Gasteiger partial charge on any atom is 0.261 e. The molecule has 6 aromatic carbocycles. The first-order valence-electron chi connectivity index (χ1n) is 18.9. The highest BCUT2D eigenvalue weighted by atomic mass is 16.7. The quantitative estimate of drug-likeness (QED) is 0.127. The monoisotopic (exact) mass is 728 g/mol. The molecule has 6 aromatic rings. The van der Waals surface area contributed by atoms with Crippen LogP contribution in [-0.4, -0.2) is 39.4 Å². The second kappa shape index (κ2) is 16.3. The summed E-state index contributed by atoms with van der Waals surface area (Å²) in [6.45, 7) is 4.66. The van der Waals surface area contributed by atoms with Crippen molar-refractivity contribution in [1.82, 2.24) is 9.80 Å². The molecule has 2 heterocycles. The fraction of sp³-hybridized carbons (Fsp3) is 0.208. The summed E-state index contributed by atoms with van der Waals surface area (Å²) < 4.78 is 13.7. The Balaban J connectivity index is 1.04. The average Bonchev–Trinajstić information content (AvgIpc) is 3.47. The standard InChI is InChI=1S/C48H44N2O5/c1-33-44(31-49(28-34-11-4-2-5-12-34)29-35-13-6-3-7-14-35)54-48(55-45(33)39-21-19-36(32-51)20-22-39)40-25-23-38(24-26-40)41-16-10-15-37(27-41)30-50-46(52)42-17-8-9-18-43(42)47(50)53/h2-27,33,44-45,48,51H,28-32H2,1H3. The normalized spacial score (nSPS) is 19.5. The van der Waals surface area contributed by atoms with E-state index in [0.717, 1.165) is 46.5 Å². The number of benzene rings is 6. The lowest BCUT2D eigenvalue weighted by Crippen LogP contribution is -2.44. The summed E-state index contributed by atoms with van der Waals surface area (Å²) in [6, 6.07) is 52.3. The highest BCUT2D eigenvalue weighted by molar-refractivity contribution is 6.21. The maximum atomic E-state index is 13.0. The molecule has 4 atom stereocenters. The number of carbonyl (C=O) groups excluding carboxylic acids is 2. The van der Waals surface area contributed by atoms with Crippen LogP contribution in [0.4, 0.5) is 0 Å². The first kappa shape index (κ1) is 36.3. The zero-order chi connectivity index (χ0) is 37.7. The van der Waals surface area contributed by atoms with Gasteiger partial charge in [-0.2, -0.15) is 0 Å². The largest absolute Gasteiger partial charge is 0.392 e. The maximum absolute atomic E-state index is 13.0. The average molecular weight is 729 g/mol. The number of nitrogens with zero attached hydrogens (tertiary/aromatic N) is 2. The smallest absolute Gasteiger partial charge is 0.261 e. The predicted octanol–water partition coefficient (Wildman–Crippen LogP) is 9.14. The van der Waals surface area contributed by atoms with Gasteiger partial charge in [-0.15, -0.1) is 0 Å². The molecule has 0 spiro atoms. The van der Waals surface area contributed by atoms with Gasteiger partial charge in [0.2, 0.25) is 0 Å². The van der Waals surface area contributed by atoms with Crippen molar-refractivity contribution < 1.29 is 24.2 Å². The number of hydrogen-bond acceptors (Lipinski definition) is 6. The van der Waals surface area contributed by atoms with Gasteiger partial charge in [0.05, 0.1) is 36.5 Å². The number of ether oxygens (including phenoxy) is 2. The second-order valence-corrected chi connectivity index (χ2v) is 14.5. The molecule has 1 fully saturated rings. The molecular formula is C48H44N2O5. The van der Waals surface area contributed by atoms with Crippen LogP contribution in [-0.2, 0) is 35.7 Å². The number of hydrogen-bond donors (Lipinski definition) is 1. The molecule has 276 valence electrons. The minimum absolute atomic E-state index is 0.0122. The summed E-state index contributed by atoms with van der Waals surface area (Å²) in [4.78, 5) is 29.8. The van der Waals surface area contributed by atoms with Crippen molar-refractivity contribution in [3.05, 3.63) is 202 Å². The Morgan fingerprint density at radius 2 is 1.15 bits per heavy atom. The Kier molecular flexibility index (Phi) is 10.8. The molecule has 1 saturated heterocycles. The van der Waals surface area contributed by atoms with Crippen LogP contribution in [0.1, 0.15) is 73.4 Å². The topological polar surface area (TPSA) is 79.3 Å². The Hall–Kier alpha value is -5.70. The van der Waals surface area contributed by atoms with Gasteiger partial charge in [-0.1, -0.05) is 146 Å². The van der Waals surface area contributed by atoms with Crippen LogP contribution in [0.15, 0.2) is 158 Å². The van der Waals surface area contributed by atoms with Crippen LogP contribution in [0, 0.1) is 5.92 Å². The third kappa shape index (κ3) is 8.07. The number of amides is 2. The van der Waals surface area contributed by atoms with Gasteiger partial charge in [0.25, 0.3) is 11.8 Å². The van der Waals surface area contributed by atoms with Crippen molar-refractivity contribution in [2.24, 2.45) is 5.92 Å². The van der Waals surface area contributed by atoms with E-state index in [1.54, 1.807) is 24.3 Å². The molecule has 2 amide bonds. The van der Waals surface area contributed by atoms with Gasteiger partial charge < -0.3 is 14.6 Å². The van der Waals surface area contributed by atoms with Crippen molar-refractivity contribution in [1.29, 1.82) is 0 Å². The Morgan fingerprint density at radius 3 is 1.75 bits per heavy atom. The summed E-state index contributed by atoms with van der Waals surface area (Å²) in [6.07, 6.45) is -0.981. The van der Waals surface area contributed by atoms with Crippen LogP contribution >= 0.6 is 0 Å². The Bertz CT molecular complexity index is 2160. The fourth-order valence-electron chi connectivity index (χ4n) is 7.70. The van der Waals surface area contributed by atoms with Crippen LogP contribution in [0.2, 0.25) is 0 Å². The van der Waals surface area contributed by atoms with E-state index in [1.807, 2.05) is 48.5 Å². The molecule has 0 radical (unpaired) electrons. The lowest BCUT2D eigenvalue weighted by Gasteiger charge is -2.43. The van der Waals surface area contributed by atoms with Crippen LogP contribution in [0.3, 0.4) is 0 Å². The molecule has 7 nitrogen and oxygen atoms in total. The third-order valence-electron chi connectivity index (χ3n) is 10.7. The first-order valence-corrected chi connectivity index (χ1v) is 18.9. The number of fused-ring (bicyclic) bond motifs is 1. The first-order chi connectivity index (χ1) is 26.9. The van der Waals surface area contributed by atoms with Crippen molar-refractivity contribution in [3.8, 4) is 11.1 Å². The number of rotatable bonds is 12. The summed E-state index contributed by atoms with van der Waals surface area (Å²) in [5.74, 6) is -0.489. The number of aliphatic hydroxyl groups excluding tert-OH is 1. The molecule has 0 aromatic heterocycles. The van der Waals surface area contributed by atoms with Crippen LogP contribution in [0.25, 0.3) is 11.1 Å². The minimum atomic E-state index is -0.603. The number of carbonyl (C=O) groups is 2. The van der Waals surface area contributed by atoms with E-state index >= 15 is 0 Å². The van der Waals surface area contributed by atoms with E-state index in [2.05, 4.69) is 96.8 Å². The molecule has 8 rings (SSSR count). The van der Waals surface area contributed by atoms with E-state index in [0.29, 0.717) is 17.7 Å². The van der Waals surface area contributed by atoms with Gasteiger partial charge in [-0.25, -0.2) is 0 Å². The summed E-state index contributed by atoms with van der Waals surface area (Å²) >= 11 is 0. The lowest BCUT2D eigenvalue weighted by molar-refractivity contribution is -0.276. The van der Waals surface area contributed by atoms with Gasteiger partial charge >= 0.3 is 0 Å². The molecule has 7 heteroatoms. The van der Waals surface area contributed by atoms with Crippen molar-refractivity contribution in [3.63, 3.8) is 0 Å². The number of aliphatic hydroxyl groups is 1. The lowest BCUT2D eigenvalue weighted by atomic mass is 9.89. The van der Waals surface area contributed by atoms with Gasteiger partial charge in [-0.3, -0.25) is 19.4 Å². The van der Waals surface area contributed by atoms with Gasteiger partial charge in [0.15, 0.2) is 6.29 Å². The molecule has 55 heavy (non-hydrogen) atoms. The van der Waals surface area contributed by atoms with Crippen LogP contribution in [0.5, 0.6) is 0 Å². The second-order valence-electron chi connectivity index (χ2n) is 14.5. The minimum Gasteiger partial charge on any atom is -0.392 e. The molecular weight excluding hydrogens is 685 g/mol. The van der Waals surface area contributed by atoms with Crippen LogP contribution < -0.4 is 0 Å². The highest BCUT2D eigenvalue weighted by Gasteiger charge is 2.39. The summed E-state index contributed by atoms with van der Waals surface area (Å²) in [5.41, 5.74) is 9.07. The van der Waals surface area contributed by atoms with Gasteiger partial charge in [0, 0.05) is 31.1 Å². The van der Waals surface area contributed by atoms with E-state index in [4.69, 9.17) is 9.47 Å². The number of imide groups is 1. The third-order valence-corrected chi connectivity index (χ3v) is 10.7. The van der Waals surface area contributed by atoms with E-state index in [1.165, 1.54) is 16.0 Å². The predicted molar refractivity (Wildman–Crippen MR) is 212 cm³/mol. The van der Waals surface area contributed by atoms with Gasteiger partial charge in [0.1, 0.15) is 0 Å². The molecule has 0 saturated carbocycles. The van der Waals surface area contributed by atoms with E-state index in [-0.39, 0.29) is 43.1 Å². The van der Waals surface area contributed by atoms with E-state index < -0.39 is 6.29 Å². The summed E-state index contributed by atoms with van der Waals surface area (Å²) in [5, 5.41) is 9.72. The van der Waals surface area contributed by atoms with Gasteiger partial charge in [-0.05, 0) is 57.1 Å². The zero-order valence-electron chi connectivity index (χ0n) is 30.8. The fourth-order valence-corrected chi connectivity index (χ4v) is 7.70. The molecule has 0 bridgehead atoms. The molecule has 2 aliphatic heterocycles. The van der Waals surface area contributed by atoms with E-state index in [9.17, 15) is 14.7 Å². The molecule has 2 aliphatic rings. The molecule has 1 N–H and O–H groups in total. The highest BCUT2D eigenvalue weighted by Crippen LogP contribution is 2.42.